The molecule has 1 fully saturated rings. The lowest BCUT2D eigenvalue weighted by Gasteiger charge is -2.23. The summed E-state index contributed by atoms with van der Waals surface area (Å²) in [5.41, 5.74) is 1.71. The molecule has 0 spiro atoms. The third-order valence-corrected chi connectivity index (χ3v) is 3.65. The van der Waals surface area contributed by atoms with Crippen molar-refractivity contribution < 1.29 is 14.1 Å². The molecule has 1 aliphatic heterocycles. The molecule has 0 amide bonds. The van der Waals surface area contributed by atoms with Gasteiger partial charge in [0.1, 0.15) is 11.5 Å². The first-order chi connectivity index (χ1) is 11.1. The molecule has 0 bridgehead atoms. The van der Waals surface area contributed by atoms with Crippen molar-refractivity contribution in [2.24, 2.45) is 5.10 Å². The number of aryl methyl sites for hydroxylation is 1. The summed E-state index contributed by atoms with van der Waals surface area (Å²) in [7, 11) is 0. The molecule has 120 valence electrons. The van der Waals surface area contributed by atoms with Crippen LogP contribution >= 0.6 is 0 Å². The molecule has 23 heavy (non-hydrogen) atoms. The van der Waals surface area contributed by atoms with E-state index in [0.29, 0.717) is 24.7 Å². The van der Waals surface area contributed by atoms with Crippen molar-refractivity contribution in [3.8, 4) is 11.3 Å². The minimum atomic E-state index is -0.403. The zero-order valence-corrected chi connectivity index (χ0v) is 12.8. The average Bonchev–Trinajstić information content (AvgIpc) is 3.02. The van der Waals surface area contributed by atoms with Gasteiger partial charge in [0.25, 0.3) is 5.69 Å². The van der Waals surface area contributed by atoms with Gasteiger partial charge in [-0.05, 0) is 30.7 Å². The second kappa shape index (κ2) is 6.62. The van der Waals surface area contributed by atoms with Crippen molar-refractivity contribution in [1.29, 1.82) is 0 Å². The Morgan fingerprint density at radius 2 is 2.04 bits per heavy atom. The third-order valence-electron chi connectivity index (χ3n) is 3.65. The van der Waals surface area contributed by atoms with Crippen LogP contribution in [-0.4, -0.2) is 42.5 Å². The predicted molar refractivity (Wildman–Crippen MR) is 85.5 cm³/mol. The molecule has 0 N–H and O–H groups in total. The molecule has 0 aliphatic carbocycles. The van der Waals surface area contributed by atoms with Gasteiger partial charge in [-0.15, -0.1) is 0 Å². The zero-order chi connectivity index (χ0) is 16.2. The van der Waals surface area contributed by atoms with Crippen molar-refractivity contribution in [2.75, 3.05) is 26.3 Å². The van der Waals surface area contributed by atoms with E-state index in [-0.39, 0.29) is 5.69 Å². The number of nitro groups is 1. The van der Waals surface area contributed by atoms with Crippen molar-refractivity contribution in [2.45, 2.75) is 6.92 Å². The number of morpholine rings is 1. The number of nitro benzene ring substituents is 1. The second-order valence-corrected chi connectivity index (χ2v) is 5.27. The van der Waals surface area contributed by atoms with Gasteiger partial charge in [-0.2, -0.15) is 5.10 Å². The van der Waals surface area contributed by atoms with Crippen LogP contribution in [0.3, 0.4) is 0 Å². The van der Waals surface area contributed by atoms with Crippen LogP contribution in [0.25, 0.3) is 11.3 Å². The third kappa shape index (κ3) is 3.57. The van der Waals surface area contributed by atoms with Crippen LogP contribution in [-0.2, 0) is 4.74 Å². The maximum absolute atomic E-state index is 10.8. The van der Waals surface area contributed by atoms with Gasteiger partial charge >= 0.3 is 0 Å². The molecule has 0 radical (unpaired) electrons. The quantitative estimate of drug-likeness (QED) is 0.492. The Bertz CT molecular complexity index is 733. The first-order valence-corrected chi connectivity index (χ1v) is 7.35. The molecule has 1 aromatic heterocycles. The van der Waals surface area contributed by atoms with Gasteiger partial charge in [0, 0.05) is 17.7 Å². The number of hydrogen-bond acceptors (Lipinski definition) is 6. The van der Waals surface area contributed by atoms with Gasteiger partial charge in [-0.25, -0.2) is 0 Å². The zero-order valence-electron chi connectivity index (χ0n) is 12.8. The van der Waals surface area contributed by atoms with E-state index in [4.69, 9.17) is 9.15 Å². The number of benzene rings is 1. The van der Waals surface area contributed by atoms with Gasteiger partial charge in [-0.3, -0.25) is 15.1 Å². The fourth-order valence-corrected chi connectivity index (χ4v) is 2.41. The van der Waals surface area contributed by atoms with E-state index in [1.165, 1.54) is 6.07 Å². The molecule has 0 atom stereocenters. The van der Waals surface area contributed by atoms with Crippen LogP contribution < -0.4 is 0 Å². The molecular weight excluding hydrogens is 298 g/mol. The van der Waals surface area contributed by atoms with Crippen LogP contribution in [0.1, 0.15) is 11.3 Å². The van der Waals surface area contributed by atoms with Gasteiger partial charge in [-0.1, -0.05) is 0 Å². The van der Waals surface area contributed by atoms with E-state index in [1.54, 1.807) is 18.3 Å². The number of ether oxygens (including phenoxy) is 1. The summed E-state index contributed by atoms with van der Waals surface area (Å²) in [4.78, 5) is 10.4. The van der Waals surface area contributed by atoms with E-state index < -0.39 is 4.92 Å². The van der Waals surface area contributed by atoms with Crippen LogP contribution in [0, 0.1) is 17.0 Å². The maximum Gasteiger partial charge on any atom is 0.269 e. The predicted octanol–water partition coefficient (Wildman–Crippen LogP) is 2.83. The fourth-order valence-electron chi connectivity index (χ4n) is 2.41. The Balaban J connectivity index is 1.76. The Labute approximate surface area is 133 Å². The highest BCUT2D eigenvalue weighted by molar-refractivity contribution is 5.77. The number of furan rings is 1. The lowest BCUT2D eigenvalue weighted by atomic mass is 10.1. The number of nitrogens with zero attached hydrogens (tertiary/aromatic N) is 3. The van der Waals surface area contributed by atoms with Gasteiger partial charge in [0.15, 0.2) is 0 Å². The first kappa shape index (κ1) is 15.2. The highest BCUT2D eigenvalue weighted by Gasteiger charge is 2.12. The largest absolute Gasteiger partial charge is 0.455 e. The number of hydrogen-bond donors (Lipinski definition) is 0. The van der Waals surface area contributed by atoms with Crippen molar-refractivity contribution in [3.05, 3.63) is 51.8 Å². The number of rotatable bonds is 4. The van der Waals surface area contributed by atoms with E-state index in [2.05, 4.69) is 5.10 Å². The van der Waals surface area contributed by atoms with Gasteiger partial charge in [0.05, 0.1) is 37.4 Å². The van der Waals surface area contributed by atoms with Crippen LogP contribution in [0.15, 0.2) is 39.9 Å². The maximum atomic E-state index is 10.8. The molecule has 1 aliphatic rings. The van der Waals surface area contributed by atoms with Gasteiger partial charge in [0.2, 0.25) is 0 Å². The minimum absolute atomic E-state index is 0.0758. The monoisotopic (exact) mass is 315 g/mol. The topological polar surface area (TPSA) is 81.1 Å². The van der Waals surface area contributed by atoms with E-state index in [9.17, 15) is 10.1 Å². The van der Waals surface area contributed by atoms with Crippen LogP contribution in [0.4, 0.5) is 5.69 Å². The lowest BCUT2D eigenvalue weighted by Crippen LogP contribution is -2.32. The molecule has 2 aromatic rings. The molecule has 7 heteroatoms. The molecule has 2 heterocycles. The van der Waals surface area contributed by atoms with Crippen LogP contribution in [0.2, 0.25) is 0 Å². The van der Waals surface area contributed by atoms with Crippen LogP contribution in [0.5, 0.6) is 0 Å². The summed E-state index contributed by atoms with van der Waals surface area (Å²) in [5.74, 6) is 1.31. The Morgan fingerprint density at radius 1 is 1.26 bits per heavy atom. The SMILES string of the molecule is Cc1cc([N+](=O)[O-])ccc1-c1ccc(/C=N/N2CCOCC2)o1. The average molecular weight is 315 g/mol. The normalized spacial score (nSPS) is 15.3. The standard InChI is InChI=1S/C16H17N3O4/c1-12-10-13(19(20)21)2-4-15(12)16-5-3-14(23-16)11-17-18-6-8-22-9-7-18/h2-5,10-11H,6-9H2,1H3/b17-11+. The Kier molecular flexibility index (Phi) is 4.38. The van der Waals surface area contributed by atoms with E-state index >= 15 is 0 Å². The summed E-state index contributed by atoms with van der Waals surface area (Å²) in [6.45, 7) is 4.73. The summed E-state index contributed by atoms with van der Waals surface area (Å²) in [5, 5.41) is 17.1. The molecule has 1 saturated heterocycles. The molecule has 7 nitrogen and oxygen atoms in total. The Hall–Kier alpha value is -2.67. The number of hydrazone groups is 1. The van der Waals surface area contributed by atoms with Gasteiger partial charge < -0.3 is 9.15 Å². The highest BCUT2D eigenvalue weighted by atomic mass is 16.6. The smallest absolute Gasteiger partial charge is 0.269 e. The Morgan fingerprint density at radius 3 is 2.74 bits per heavy atom. The number of non-ortho nitro benzene ring substituents is 1. The molecule has 3 rings (SSSR count). The summed E-state index contributed by atoms with van der Waals surface area (Å²) in [6.07, 6.45) is 1.68. The van der Waals surface area contributed by atoms with E-state index in [1.807, 2.05) is 24.1 Å². The first-order valence-electron chi connectivity index (χ1n) is 7.35. The fraction of sp³-hybridized carbons (Fsp3) is 0.312. The summed E-state index contributed by atoms with van der Waals surface area (Å²) < 4.78 is 11.0. The van der Waals surface area contributed by atoms with Crippen molar-refractivity contribution in [1.82, 2.24) is 5.01 Å². The van der Waals surface area contributed by atoms with E-state index in [0.717, 1.165) is 24.2 Å². The molecular formula is C16H17N3O4. The van der Waals surface area contributed by atoms with Crippen molar-refractivity contribution in [3.63, 3.8) is 0 Å². The second-order valence-electron chi connectivity index (χ2n) is 5.27. The highest BCUT2D eigenvalue weighted by Crippen LogP contribution is 2.28. The minimum Gasteiger partial charge on any atom is -0.455 e. The summed E-state index contributed by atoms with van der Waals surface area (Å²) >= 11 is 0. The molecule has 1 aromatic carbocycles. The summed E-state index contributed by atoms with van der Waals surface area (Å²) in [6, 6.07) is 8.40. The lowest BCUT2D eigenvalue weighted by molar-refractivity contribution is -0.384. The van der Waals surface area contributed by atoms with Crippen molar-refractivity contribution >= 4 is 11.9 Å². The molecule has 0 saturated carbocycles. The molecule has 0 unspecified atom stereocenters.